The smallest absolute Gasteiger partial charge is 0.339 e. The summed E-state index contributed by atoms with van der Waals surface area (Å²) >= 11 is 0. The average Bonchev–Trinajstić information content (AvgIpc) is 2.41. The monoisotopic (exact) mass is 262 g/mol. The molecule has 0 spiro atoms. The molecule has 0 saturated carbocycles. The molecule has 0 aliphatic carbocycles. The average molecular weight is 262 g/mol. The standard InChI is InChI=1S/C13H14N2O4/c16-11-9(12(17)18)5-4-6-10(11)14-13(19)15-7-2-1-3-8-15/h1-2,4-6,16H,3,7-8H2,(H,14,19)(H,17,18). The maximum atomic E-state index is 11.9. The lowest BCUT2D eigenvalue weighted by Crippen LogP contribution is -2.37. The van der Waals surface area contributed by atoms with Gasteiger partial charge in [0.1, 0.15) is 5.56 Å². The van der Waals surface area contributed by atoms with Crippen molar-refractivity contribution < 1.29 is 19.8 Å². The van der Waals surface area contributed by atoms with Crippen LogP contribution in [0.15, 0.2) is 30.4 Å². The molecule has 1 aromatic rings. The van der Waals surface area contributed by atoms with Crippen molar-refractivity contribution in [2.75, 3.05) is 18.4 Å². The summed E-state index contributed by atoms with van der Waals surface area (Å²) < 4.78 is 0. The molecule has 0 saturated heterocycles. The summed E-state index contributed by atoms with van der Waals surface area (Å²) in [5.74, 6) is -1.68. The molecule has 6 heteroatoms. The normalized spacial score (nSPS) is 14.2. The number of anilines is 1. The third-order valence-electron chi connectivity index (χ3n) is 2.85. The van der Waals surface area contributed by atoms with Gasteiger partial charge in [0, 0.05) is 13.1 Å². The van der Waals surface area contributed by atoms with Crippen molar-refractivity contribution in [2.24, 2.45) is 0 Å². The summed E-state index contributed by atoms with van der Waals surface area (Å²) in [4.78, 5) is 24.4. The number of nitrogens with zero attached hydrogens (tertiary/aromatic N) is 1. The SMILES string of the molecule is O=C(O)c1cccc(NC(=O)N2CC=CCC2)c1O. The summed E-state index contributed by atoms with van der Waals surface area (Å²) in [5, 5.41) is 21.2. The van der Waals surface area contributed by atoms with Gasteiger partial charge in [-0.2, -0.15) is 0 Å². The number of phenols is 1. The van der Waals surface area contributed by atoms with Crippen LogP contribution >= 0.6 is 0 Å². The number of aromatic carboxylic acids is 1. The zero-order valence-corrected chi connectivity index (χ0v) is 10.2. The molecule has 0 radical (unpaired) electrons. The molecule has 1 heterocycles. The fourth-order valence-corrected chi connectivity index (χ4v) is 1.84. The summed E-state index contributed by atoms with van der Waals surface area (Å²) in [6.45, 7) is 1.10. The molecule has 6 nitrogen and oxygen atoms in total. The molecule has 0 fully saturated rings. The van der Waals surface area contributed by atoms with Crippen molar-refractivity contribution in [1.82, 2.24) is 4.90 Å². The van der Waals surface area contributed by atoms with Gasteiger partial charge in [0.2, 0.25) is 0 Å². The molecule has 0 aromatic heterocycles. The number of hydrogen-bond donors (Lipinski definition) is 3. The Balaban J connectivity index is 2.15. The first-order chi connectivity index (χ1) is 9.09. The van der Waals surface area contributed by atoms with E-state index in [-0.39, 0.29) is 17.3 Å². The number of nitrogens with one attached hydrogen (secondary N) is 1. The summed E-state index contributed by atoms with van der Waals surface area (Å²) in [5.41, 5.74) is -0.143. The Bertz CT molecular complexity index is 539. The predicted octanol–water partition coefficient (Wildman–Crippen LogP) is 1.88. The highest BCUT2D eigenvalue weighted by Gasteiger charge is 2.18. The molecule has 0 bridgehead atoms. The predicted molar refractivity (Wildman–Crippen MR) is 69.4 cm³/mol. The lowest BCUT2D eigenvalue weighted by atomic mass is 10.1. The first-order valence-corrected chi connectivity index (χ1v) is 5.86. The number of hydrogen-bond acceptors (Lipinski definition) is 3. The van der Waals surface area contributed by atoms with Crippen LogP contribution in [-0.2, 0) is 0 Å². The maximum Gasteiger partial charge on any atom is 0.339 e. The van der Waals surface area contributed by atoms with Crippen molar-refractivity contribution in [3.8, 4) is 5.75 Å². The minimum atomic E-state index is -1.24. The van der Waals surface area contributed by atoms with E-state index < -0.39 is 11.7 Å². The van der Waals surface area contributed by atoms with Gasteiger partial charge in [-0.1, -0.05) is 18.2 Å². The van der Waals surface area contributed by atoms with Crippen LogP contribution < -0.4 is 5.32 Å². The molecule has 0 unspecified atom stereocenters. The van der Waals surface area contributed by atoms with Crippen molar-refractivity contribution in [2.45, 2.75) is 6.42 Å². The van der Waals surface area contributed by atoms with E-state index in [4.69, 9.17) is 5.11 Å². The van der Waals surface area contributed by atoms with Crippen LogP contribution in [0.3, 0.4) is 0 Å². The minimum Gasteiger partial charge on any atom is -0.505 e. The van der Waals surface area contributed by atoms with Gasteiger partial charge in [-0.15, -0.1) is 0 Å². The number of carboxylic acid groups (broad SMARTS) is 1. The van der Waals surface area contributed by atoms with Crippen LogP contribution in [0.4, 0.5) is 10.5 Å². The number of urea groups is 1. The summed E-state index contributed by atoms with van der Waals surface area (Å²) in [6, 6.07) is 3.84. The molecule has 1 aliphatic heterocycles. The topological polar surface area (TPSA) is 89.9 Å². The van der Waals surface area contributed by atoms with Crippen LogP contribution in [0.1, 0.15) is 16.8 Å². The number of carbonyl (C=O) groups excluding carboxylic acids is 1. The van der Waals surface area contributed by atoms with Crippen molar-refractivity contribution in [3.05, 3.63) is 35.9 Å². The number of rotatable bonds is 2. The van der Waals surface area contributed by atoms with E-state index in [1.807, 2.05) is 12.2 Å². The van der Waals surface area contributed by atoms with E-state index >= 15 is 0 Å². The van der Waals surface area contributed by atoms with E-state index in [0.29, 0.717) is 13.1 Å². The highest BCUT2D eigenvalue weighted by atomic mass is 16.4. The zero-order valence-electron chi connectivity index (χ0n) is 10.2. The maximum absolute atomic E-state index is 11.9. The number of aromatic hydroxyl groups is 1. The van der Waals surface area contributed by atoms with Crippen LogP contribution in [0.5, 0.6) is 5.75 Å². The molecular formula is C13H14N2O4. The van der Waals surface area contributed by atoms with E-state index in [1.165, 1.54) is 18.2 Å². The number of carbonyl (C=O) groups is 2. The highest BCUT2D eigenvalue weighted by molar-refractivity contribution is 5.97. The fourth-order valence-electron chi connectivity index (χ4n) is 1.84. The van der Waals surface area contributed by atoms with E-state index in [0.717, 1.165) is 6.42 Å². The van der Waals surface area contributed by atoms with Gasteiger partial charge in [0.15, 0.2) is 5.75 Å². The second-order valence-electron chi connectivity index (χ2n) is 4.14. The van der Waals surface area contributed by atoms with E-state index in [9.17, 15) is 14.7 Å². The van der Waals surface area contributed by atoms with Gasteiger partial charge < -0.3 is 20.4 Å². The number of amides is 2. The molecular weight excluding hydrogens is 248 g/mol. The Morgan fingerprint density at radius 1 is 1.26 bits per heavy atom. The van der Waals surface area contributed by atoms with Gasteiger partial charge in [-0.3, -0.25) is 0 Å². The molecule has 0 atom stereocenters. The van der Waals surface area contributed by atoms with Crippen molar-refractivity contribution in [1.29, 1.82) is 0 Å². The van der Waals surface area contributed by atoms with Gasteiger partial charge in [-0.05, 0) is 18.6 Å². The Morgan fingerprint density at radius 3 is 2.68 bits per heavy atom. The summed E-state index contributed by atoms with van der Waals surface area (Å²) in [6.07, 6.45) is 4.66. The third kappa shape index (κ3) is 2.85. The van der Waals surface area contributed by atoms with Gasteiger partial charge in [-0.25, -0.2) is 9.59 Å². The summed E-state index contributed by atoms with van der Waals surface area (Å²) in [7, 11) is 0. The molecule has 100 valence electrons. The Labute approximate surface area is 110 Å². The zero-order chi connectivity index (χ0) is 13.8. The van der Waals surface area contributed by atoms with Crippen LogP contribution in [-0.4, -0.2) is 40.2 Å². The fraction of sp³-hybridized carbons (Fsp3) is 0.231. The van der Waals surface area contributed by atoms with Crippen LogP contribution in [0.2, 0.25) is 0 Å². The molecule has 2 rings (SSSR count). The first-order valence-electron chi connectivity index (χ1n) is 5.86. The van der Waals surface area contributed by atoms with Crippen molar-refractivity contribution >= 4 is 17.7 Å². The molecule has 19 heavy (non-hydrogen) atoms. The Morgan fingerprint density at radius 2 is 2.05 bits per heavy atom. The Hall–Kier alpha value is -2.50. The quantitative estimate of drug-likeness (QED) is 0.560. The minimum absolute atomic E-state index is 0.0967. The number of benzene rings is 1. The van der Waals surface area contributed by atoms with Gasteiger partial charge in [0.25, 0.3) is 0 Å². The Kier molecular flexibility index (Phi) is 3.70. The highest BCUT2D eigenvalue weighted by Crippen LogP contribution is 2.27. The van der Waals surface area contributed by atoms with Crippen LogP contribution in [0.25, 0.3) is 0 Å². The third-order valence-corrected chi connectivity index (χ3v) is 2.85. The van der Waals surface area contributed by atoms with Crippen LogP contribution in [0, 0.1) is 0 Å². The van der Waals surface area contributed by atoms with E-state index in [1.54, 1.807) is 4.90 Å². The molecule has 1 aliphatic rings. The molecule has 2 amide bonds. The molecule has 3 N–H and O–H groups in total. The van der Waals surface area contributed by atoms with Gasteiger partial charge in [0.05, 0.1) is 5.69 Å². The van der Waals surface area contributed by atoms with Gasteiger partial charge >= 0.3 is 12.0 Å². The number of para-hydroxylation sites is 1. The number of carboxylic acids is 1. The molecule has 1 aromatic carbocycles. The first kappa shape index (κ1) is 12.9. The lowest BCUT2D eigenvalue weighted by molar-refractivity contribution is 0.0693. The largest absolute Gasteiger partial charge is 0.505 e. The van der Waals surface area contributed by atoms with E-state index in [2.05, 4.69) is 5.32 Å². The van der Waals surface area contributed by atoms with Crippen molar-refractivity contribution in [3.63, 3.8) is 0 Å². The second-order valence-corrected chi connectivity index (χ2v) is 4.14. The lowest BCUT2D eigenvalue weighted by Gasteiger charge is -2.23. The second kappa shape index (κ2) is 5.43.